The number of aromatic hydroxyl groups is 1. The minimum absolute atomic E-state index is 0.00586. The SMILES string of the molecule is CCCn1c(=O)c2c(nc3n(Cc4ccc(F)cc4)c(O)c(Cc4ccccc4)c(=O)n23)n(CCC)c1=O. The number of fused-ring (bicyclic) bond motifs is 3. The quantitative estimate of drug-likeness (QED) is 0.340. The van der Waals surface area contributed by atoms with Gasteiger partial charge in [0.1, 0.15) is 5.82 Å². The molecule has 0 unspecified atom stereocenters. The molecule has 0 fully saturated rings. The van der Waals surface area contributed by atoms with Crippen LogP contribution in [0.25, 0.3) is 16.9 Å². The molecule has 5 aromatic rings. The molecule has 0 saturated carbocycles. The Morgan fingerprint density at radius 1 is 0.816 bits per heavy atom. The maximum Gasteiger partial charge on any atom is 0.332 e. The first-order chi connectivity index (χ1) is 18.3. The summed E-state index contributed by atoms with van der Waals surface area (Å²) in [7, 11) is 0. The summed E-state index contributed by atoms with van der Waals surface area (Å²) >= 11 is 0. The number of imidazole rings is 1. The van der Waals surface area contributed by atoms with Gasteiger partial charge in [-0.1, -0.05) is 56.3 Å². The van der Waals surface area contributed by atoms with Crippen molar-refractivity contribution in [2.45, 2.75) is 52.7 Å². The normalized spacial score (nSPS) is 11.6. The van der Waals surface area contributed by atoms with Gasteiger partial charge in [-0.15, -0.1) is 0 Å². The standard InChI is InChI=1S/C28H28FN5O4/c1-3-14-31-23-22(26(37)32(15-4-2)28(31)38)34-25(36)21(16-18-8-6-5-7-9-18)24(35)33(27(34)30-23)17-19-10-12-20(29)13-11-19/h5-13,35H,3-4,14-17H2,1-2H3. The average molecular weight is 518 g/mol. The van der Waals surface area contributed by atoms with Gasteiger partial charge in [0.15, 0.2) is 11.2 Å². The molecule has 0 spiro atoms. The second kappa shape index (κ2) is 10.1. The molecule has 3 aromatic heterocycles. The maximum atomic E-state index is 13.9. The second-order valence-corrected chi connectivity index (χ2v) is 9.29. The number of aromatic nitrogens is 5. The fraction of sp³-hybridized carbons (Fsp3) is 0.286. The zero-order valence-electron chi connectivity index (χ0n) is 21.2. The van der Waals surface area contributed by atoms with Crippen LogP contribution in [0.15, 0.2) is 69.0 Å². The van der Waals surface area contributed by atoms with Gasteiger partial charge in [0, 0.05) is 19.5 Å². The predicted octanol–water partition coefficient (Wildman–Crippen LogP) is 3.28. The first-order valence-corrected chi connectivity index (χ1v) is 12.6. The number of aryl methyl sites for hydroxylation is 1. The van der Waals surface area contributed by atoms with Gasteiger partial charge in [-0.3, -0.25) is 23.3 Å². The minimum atomic E-state index is -0.603. The summed E-state index contributed by atoms with van der Waals surface area (Å²) < 4.78 is 18.8. The van der Waals surface area contributed by atoms with Gasteiger partial charge in [-0.25, -0.2) is 13.6 Å². The number of halogens is 1. The Balaban J connectivity index is 1.91. The van der Waals surface area contributed by atoms with E-state index >= 15 is 0 Å². The summed E-state index contributed by atoms with van der Waals surface area (Å²) in [5.74, 6) is -0.678. The van der Waals surface area contributed by atoms with Crippen LogP contribution >= 0.6 is 0 Å². The van der Waals surface area contributed by atoms with Crippen LogP contribution < -0.4 is 16.8 Å². The zero-order chi connectivity index (χ0) is 27.0. The van der Waals surface area contributed by atoms with E-state index in [0.29, 0.717) is 24.9 Å². The summed E-state index contributed by atoms with van der Waals surface area (Å²) in [6, 6.07) is 15.0. The molecule has 9 nitrogen and oxygen atoms in total. The zero-order valence-corrected chi connectivity index (χ0v) is 21.2. The smallest absolute Gasteiger partial charge is 0.332 e. The van der Waals surface area contributed by atoms with Crippen LogP contribution in [-0.2, 0) is 26.1 Å². The van der Waals surface area contributed by atoms with Crippen molar-refractivity contribution in [1.82, 2.24) is 23.1 Å². The molecule has 0 saturated heterocycles. The average Bonchev–Trinajstić information content (AvgIpc) is 3.32. The number of hydrogen-bond donors (Lipinski definition) is 1. The molecule has 3 heterocycles. The van der Waals surface area contributed by atoms with Crippen molar-refractivity contribution in [1.29, 1.82) is 0 Å². The summed E-state index contributed by atoms with van der Waals surface area (Å²) in [6.45, 7) is 4.32. The topological polar surface area (TPSA) is 104 Å². The van der Waals surface area contributed by atoms with E-state index < -0.39 is 22.6 Å². The molecular formula is C28H28FN5O4. The molecule has 5 rings (SSSR count). The molecule has 0 aliphatic carbocycles. The van der Waals surface area contributed by atoms with Crippen molar-refractivity contribution in [2.24, 2.45) is 0 Å². The molecule has 0 atom stereocenters. The van der Waals surface area contributed by atoms with Crippen LogP contribution in [0.1, 0.15) is 43.4 Å². The van der Waals surface area contributed by atoms with E-state index in [1.54, 1.807) is 12.1 Å². The van der Waals surface area contributed by atoms with Crippen LogP contribution in [0.3, 0.4) is 0 Å². The van der Waals surface area contributed by atoms with E-state index in [-0.39, 0.29) is 47.9 Å². The Morgan fingerprint density at radius 2 is 1.47 bits per heavy atom. The fourth-order valence-electron chi connectivity index (χ4n) is 4.81. The van der Waals surface area contributed by atoms with Gasteiger partial charge in [0.2, 0.25) is 11.7 Å². The number of rotatable bonds is 8. The monoisotopic (exact) mass is 517 g/mol. The third-order valence-electron chi connectivity index (χ3n) is 6.61. The highest BCUT2D eigenvalue weighted by Gasteiger charge is 2.25. The molecular weight excluding hydrogens is 489 g/mol. The van der Waals surface area contributed by atoms with E-state index in [2.05, 4.69) is 4.98 Å². The summed E-state index contributed by atoms with van der Waals surface area (Å²) in [4.78, 5) is 45.4. The fourth-order valence-corrected chi connectivity index (χ4v) is 4.81. The third-order valence-corrected chi connectivity index (χ3v) is 6.61. The summed E-state index contributed by atoms with van der Waals surface area (Å²) in [5, 5.41) is 11.4. The van der Waals surface area contributed by atoms with Gasteiger partial charge in [-0.05, 0) is 36.1 Å². The highest BCUT2D eigenvalue weighted by molar-refractivity contribution is 5.76. The van der Waals surface area contributed by atoms with Crippen LogP contribution in [0, 0.1) is 5.82 Å². The van der Waals surface area contributed by atoms with Gasteiger partial charge in [-0.2, -0.15) is 4.98 Å². The summed E-state index contributed by atoms with van der Waals surface area (Å²) in [6.07, 6.45) is 1.28. The molecule has 0 aliphatic heterocycles. The Hall–Kier alpha value is -4.47. The molecule has 0 aliphatic rings. The maximum absolute atomic E-state index is 13.9. The van der Waals surface area contributed by atoms with E-state index in [9.17, 15) is 23.9 Å². The van der Waals surface area contributed by atoms with Crippen molar-refractivity contribution in [3.8, 4) is 5.88 Å². The lowest BCUT2D eigenvalue weighted by Gasteiger charge is -2.15. The van der Waals surface area contributed by atoms with E-state index in [1.807, 2.05) is 44.2 Å². The lowest BCUT2D eigenvalue weighted by molar-refractivity contribution is 0.413. The van der Waals surface area contributed by atoms with Crippen molar-refractivity contribution in [3.63, 3.8) is 0 Å². The van der Waals surface area contributed by atoms with Crippen molar-refractivity contribution in [3.05, 3.63) is 108 Å². The number of nitrogens with zero attached hydrogens (tertiary/aromatic N) is 5. The third kappa shape index (κ3) is 4.21. The predicted molar refractivity (Wildman–Crippen MR) is 142 cm³/mol. The summed E-state index contributed by atoms with van der Waals surface area (Å²) in [5.41, 5.74) is -0.0538. The van der Waals surface area contributed by atoms with Gasteiger partial charge >= 0.3 is 5.69 Å². The molecule has 10 heteroatoms. The molecule has 0 radical (unpaired) electrons. The molecule has 2 aromatic carbocycles. The highest BCUT2D eigenvalue weighted by Crippen LogP contribution is 2.24. The van der Waals surface area contributed by atoms with Crippen LogP contribution in [0.5, 0.6) is 5.88 Å². The molecule has 38 heavy (non-hydrogen) atoms. The van der Waals surface area contributed by atoms with Gasteiger partial charge in [0.05, 0.1) is 12.1 Å². The lowest BCUT2D eigenvalue weighted by atomic mass is 10.1. The van der Waals surface area contributed by atoms with E-state index in [1.165, 1.54) is 25.7 Å². The molecule has 0 amide bonds. The molecule has 1 N–H and O–H groups in total. The Bertz CT molecular complexity index is 1820. The minimum Gasteiger partial charge on any atom is -0.494 e. The molecule has 196 valence electrons. The van der Waals surface area contributed by atoms with Crippen molar-refractivity contribution >= 4 is 16.9 Å². The Labute approximate surface area is 216 Å². The van der Waals surface area contributed by atoms with Gasteiger partial charge in [0.25, 0.3) is 11.1 Å². The Kier molecular flexibility index (Phi) is 6.71. The first-order valence-electron chi connectivity index (χ1n) is 12.6. The number of hydrogen-bond acceptors (Lipinski definition) is 5. The van der Waals surface area contributed by atoms with E-state index in [0.717, 1.165) is 10.1 Å². The number of benzene rings is 2. The van der Waals surface area contributed by atoms with Crippen LogP contribution in [-0.4, -0.2) is 28.2 Å². The van der Waals surface area contributed by atoms with Crippen molar-refractivity contribution in [2.75, 3.05) is 0 Å². The highest BCUT2D eigenvalue weighted by atomic mass is 19.1. The van der Waals surface area contributed by atoms with E-state index in [4.69, 9.17) is 0 Å². The lowest BCUT2D eigenvalue weighted by Crippen LogP contribution is -2.41. The van der Waals surface area contributed by atoms with Crippen LogP contribution in [0.4, 0.5) is 4.39 Å². The largest absolute Gasteiger partial charge is 0.494 e. The molecule has 0 bridgehead atoms. The second-order valence-electron chi connectivity index (χ2n) is 9.29. The van der Waals surface area contributed by atoms with Crippen molar-refractivity contribution < 1.29 is 9.50 Å². The van der Waals surface area contributed by atoms with Crippen LogP contribution in [0.2, 0.25) is 0 Å². The first kappa shape index (κ1) is 25.2. The Morgan fingerprint density at radius 3 is 2.13 bits per heavy atom. The van der Waals surface area contributed by atoms with Gasteiger partial charge < -0.3 is 5.11 Å².